The molecule has 2 saturated carbocycles. The van der Waals surface area contributed by atoms with Gasteiger partial charge in [0.2, 0.25) is 20.0 Å². The largest absolute Gasteiger partial charge is 0.303 e. The van der Waals surface area contributed by atoms with Crippen molar-refractivity contribution in [2.24, 2.45) is 0 Å². The molecule has 3 aliphatic rings. The van der Waals surface area contributed by atoms with E-state index >= 15 is 0 Å². The Balaban J connectivity index is 1.54. The minimum absolute atomic E-state index is 0.0211. The standard InChI is InChI=1S/C19H29N3O4S2/c1-2-21-13-11-17(12-14-21)22(16-5-6-16)28(25,26)19-9-7-18(8-10-19)27(23,24)20-15-3-4-15/h7-10,15-17,20H,2-6,11-14H2,1H3. The molecule has 1 saturated heterocycles. The smallest absolute Gasteiger partial charge is 0.243 e. The fraction of sp³-hybridized carbons (Fsp3) is 0.684. The zero-order valence-corrected chi connectivity index (χ0v) is 17.9. The van der Waals surface area contributed by atoms with E-state index in [1.165, 1.54) is 24.3 Å². The highest BCUT2D eigenvalue weighted by molar-refractivity contribution is 7.89. The van der Waals surface area contributed by atoms with Gasteiger partial charge < -0.3 is 4.90 Å². The molecule has 1 N–H and O–H groups in total. The van der Waals surface area contributed by atoms with Crippen molar-refractivity contribution in [1.29, 1.82) is 0 Å². The summed E-state index contributed by atoms with van der Waals surface area (Å²) in [6, 6.07) is 5.82. The molecule has 28 heavy (non-hydrogen) atoms. The Morgan fingerprint density at radius 3 is 1.93 bits per heavy atom. The molecule has 7 nitrogen and oxygen atoms in total. The van der Waals surface area contributed by atoms with Crippen LogP contribution < -0.4 is 4.72 Å². The lowest BCUT2D eigenvalue weighted by Gasteiger charge is -2.37. The first-order valence-electron chi connectivity index (χ1n) is 10.2. The normalized spacial score (nSPS) is 22.6. The number of nitrogens with zero attached hydrogens (tertiary/aromatic N) is 2. The Labute approximate surface area is 168 Å². The van der Waals surface area contributed by atoms with Gasteiger partial charge in [-0.2, -0.15) is 4.31 Å². The Morgan fingerprint density at radius 1 is 0.893 bits per heavy atom. The van der Waals surface area contributed by atoms with Crippen molar-refractivity contribution in [2.75, 3.05) is 19.6 Å². The molecule has 9 heteroatoms. The molecule has 0 amide bonds. The van der Waals surface area contributed by atoms with E-state index in [9.17, 15) is 16.8 Å². The van der Waals surface area contributed by atoms with Crippen LogP contribution in [0.15, 0.2) is 34.1 Å². The highest BCUT2D eigenvalue weighted by atomic mass is 32.2. The molecular formula is C19H29N3O4S2. The third kappa shape index (κ3) is 4.28. The highest BCUT2D eigenvalue weighted by Crippen LogP contribution is 2.37. The summed E-state index contributed by atoms with van der Waals surface area (Å²) in [6.07, 6.45) is 5.23. The molecule has 1 aliphatic heterocycles. The van der Waals surface area contributed by atoms with Crippen molar-refractivity contribution < 1.29 is 16.8 Å². The van der Waals surface area contributed by atoms with Gasteiger partial charge in [0.1, 0.15) is 0 Å². The number of nitrogens with one attached hydrogen (secondary N) is 1. The van der Waals surface area contributed by atoms with Crippen LogP contribution in [-0.2, 0) is 20.0 Å². The van der Waals surface area contributed by atoms with Gasteiger partial charge in [0, 0.05) is 18.1 Å². The van der Waals surface area contributed by atoms with Crippen LogP contribution in [0, 0.1) is 0 Å². The van der Waals surface area contributed by atoms with Crippen molar-refractivity contribution in [3.05, 3.63) is 24.3 Å². The molecule has 0 spiro atoms. The van der Waals surface area contributed by atoms with Crippen LogP contribution in [0.5, 0.6) is 0 Å². The van der Waals surface area contributed by atoms with E-state index < -0.39 is 20.0 Å². The lowest BCUT2D eigenvalue weighted by Crippen LogP contribution is -2.48. The minimum Gasteiger partial charge on any atom is -0.303 e. The van der Waals surface area contributed by atoms with Crippen LogP contribution in [0.25, 0.3) is 0 Å². The average molecular weight is 428 g/mol. The molecule has 0 radical (unpaired) electrons. The quantitative estimate of drug-likeness (QED) is 0.683. The van der Waals surface area contributed by atoms with E-state index in [1.807, 2.05) is 0 Å². The van der Waals surface area contributed by atoms with Crippen molar-refractivity contribution in [2.45, 2.75) is 73.4 Å². The summed E-state index contributed by atoms with van der Waals surface area (Å²) in [5.74, 6) is 0. The van der Waals surface area contributed by atoms with Crippen molar-refractivity contribution >= 4 is 20.0 Å². The van der Waals surface area contributed by atoms with Crippen LogP contribution >= 0.6 is 0 Å². The molecule has 0 unspecified atom stereocenters. The first-order valence-corrected chi connectivity index (χ1v) is 13.1. The Morgan fingerprint density at radius 2 is 1.43 bits per heavy atom. The van der Waals surface area contributed by atoms with Crippen LogP contribution in [-0.4, -0.2) is 63.8 Å². The number of rotatable bonds is 8. The summed E-state index contributed by atoms with van der Waals surface area (Å²) in [4.78, 5) is 2.65. The van der Waals surface area contributed by atoms with E-state index in [2.05, 4.69) is 16.5 Å². The average Bonchev–Trinajstić information content (AvgIpc) is 3.59. The Hall–Kier alpha value is -1.00. The van der Waals surface area contributed by atoms with Crippen molar-refractivity contribution in [3.63, 3.8) is 0 Å². The fourth-order valence-electron chi connectivity index (χ4n) is 3.91. The molecule has 1 aromatic rings. The van der Waals surface area contributed by atoms with Gasteiger partial charge in [-0.1, -0.05) is 6.92 Å². The maximum Gasteiger partial charge on any atom is 0.243 e. The monoisotopic (exact) mass is 427 g/mol. The first-order chi connectivity index (χ1) is 13.3. The molecule has 0 atom stereocenters. The van der Waals surface area contributed by atoms with Gasteiger partial charge in [0.15, 0.2) is 0 Å². The van der Waals surface area contributed by atoms with Crippen LogP contribution in [0.2, 0.25) is 0 Å². The topological polar surface area (TPSA) is 86.8 Å². The Bertz CT molecular complexity index is 899. The number of piperidine rings is 1. The van der Waals surface area contributed by atoms with Gasteiger partial charge in [-0.15, -0.1) is 0 Å². The predicted molar refractivity (Wildman–Crippen MR) is 107 cm³/mol. The molecule has 0 aromatic heterocycles. The first kappa shape index (κ1) is 20.3. The SMILES string of the molecule is CCN1CCC(N(C2CC2)S(=O)(=O)c2ccc(S(=O)(=O)NC3CC3)cc2)CC1. The van der Waals surface area contributed by atoms with E-state index in [1.54, 1.807) is 4.31 Å². The lowest BCUT2D eigenvalue weighted by atomic mass is 10.1. The van der Waals surface area contributed by atoms with Crippen molar-refractivity contribution in [3.8, 4) is 0 Å². The molecule has 0 bridgehead atoms. The number of hydrogen-bond acceptors (Lipinski definition) is 5. The second kappa shape index (κ2) is 7.68. The summed E-state index contributed by atoms with van der Waals surface area (Å²) >= 11 is 0. The van der Waals surface area contributed by atoms with E-state index in [-0.39, 0.29) is 27.9 Å². The molecular weight excluding hydrogens is 398 g/mol. The van der Waals surface area contributed by atoms with E-state index in [4.69, 9.17) is 0 Å². The van der Waals surface area contributed by atoms with E-state index in [0.29, 0.717) is 0 Å². The van der Waals surface area contributed by atoms with Gasteiger partial charge in [-0.25, -0.2) is 21.6 Å². The zero-order valence-electron chi connectivity index (χ0n) is 16.2. The molecule has 1 heterocycles. The number of likely N-dealkylation sites (tertiary alicyclic amines) is 1. The molecule has 2 aliphatic carbocycles. The van der Waals surface area contributed by atoms with Crippen molar-refractivity contribution in [1.82, 2.24) is 13.9 Å². The summed E-state index contributed by atoms with van der Waals surface area (Å²) in [5.41, 5.74) is 0. The third-order valence-corrected chi connectivity index (χ3v) is 9.44. The van der Waals surface area contributed by atoms with Gasteiger partial charge >= 0.3 is 0 Å². The van der Waals surface area contributed by atoms with Gasteiger partial charge in [0.05, 0.1) is 9.79 Å². The van der Waals surface area contributed by atoms with Crippen LogP contribution in [0.3, 0.4) is 0 Å². The number of benzene rings is 1. The van der Waals surface area contributed by atoms with Gasteiger partial charge in [-0.3, -0.25) is 0 Å². The maximum atomic E-state index is 13.4. The van der Waals surface area contributed by atoms with Gasteiger partial charge in [-0.05, 0) is 82.4 Å². The highest BCUT2D eigenvalue weighted by Gasteiger charge is 2.43. The second-order valence-electron chi connectivity index (χ2n) is 8.10. The Kier molecular flexibility index (Phi) is 5.56. The molecule has 3 fully saturated rings. The summed E-state index contributed by atoms with van der Waals surface area (Å²) in [5, 5.41) is 0. The van der Waals surface area contributed by atoms with Crippen LogP contribution in [0.1, 0.15) is 45.4 Å². The summed E-state index contributed by atoms with van der Waals surface area (Å²) in [7, 11) is -7.21. The lowest BCUT2D eigenvalue weighted by molar-refractivity contribution is 0.161. The predicted octanol–water partition coefficient (Wildman–Crippen LogP) is 1.76. The molecule has 1 aromatic carbocycles. The molecule has 156 valence electrons. The number of hydrogen-bond donors (Lipinski definition) is 1. The third-order valence-electron chi connectivity index (χ3n) is 5.88. The molecule has 4 rings (SSSR count). The summed E-state index contributed by atoms with van der Waals surface area (Å²) < 4.78 is 55.7. The number of sulfonamides is 2. The summed E-state index contributed by atoms with van der Waals surface area (Å²) in [6.45, 7) is 4.96. The minimum atomic E-state index is -3.64. The maximum absolute atomic E-state index is 13.4. The van der Waals surface area contributed by atoms with E-state index in [0.717, 1.165) is 58.2 Å². The van der Waals surface area contributed by atoms with Gasteiger partial charge in [0.25, 0.3) is 0 Å². The fourth-order valence-corrected chi connectivity index (χ4v) is 7.15. The second-order valence-corrected chi connectivity index (χ2v) is 11.7. The zero-order chi connectivity index (χ0) is 19.9. The van der Waals surface area contributed by atoms with Crippen LogP contribution in [0.4, 0.5) is 0 Å².